The van der Waals surface area contributed by atoms with E-state index in [1.165, 1.54) is 0 Å². The molecule has 0 aromatic carbocycles. The van der Waals surface area contributed by atoms with Crippen LogP contribution in [0.15, 0.2) is 17.0 Å². The minimum absolute atomic E-state index is 0.637. The standard InChI is InChI=1S/C13H14N4S/c1-9-4-10(2)16-13(12(9)5-14)17(3)6-11-7-18-8-15-11/h4,7-8H,6H2,1-3H3. The summed E-state index contributed by atoms with van der Waals surface area (Å²) in [7, 11) is 1.93. The van der Waals surface area contributed by atoms with Crippen LogP contribution in [0.5, 0.6) is 0 Å². The maximum Gasteiger partial charge on any atom is 0.147 e. The summed E-state index contributed by atoms with van der Waals surface area (Å²) in [5.41, 5.74) is 5.32. The average Bonchev–Trinajstić information content (AvgIpc) is 2.80. The molecule has 0 saturated carbocycles. The third kappa shape index (κ3) is 2.49. The Morgan fingerprint density at radius 2 is 2.22 bits per heavy atom. The van der Waals surface area contributed by atoms with Gasteiger partial charge in [0.1, 0.15) is 11.9 Å². The fourth-order valence-electron chi connectivity index (χ4n) is 1.86. The lowest BCUT2D eigenvalue weighted by Crippen LogP contribution is -2.20. The Morgan fingerprint density at radius 1 is 1.44 bits per heavy atom. The molecule has 18 heavy (non-hydrogen) atoms. The van der Waals surface area contributed by atoms with Crippen LogP contribution in [0.1, 0.15) is 22.5 Å². The molecule has 0 spiro atoms. The van der Waals surface area contributed by atoms with E-state index >= 15 is 0 Å². The number of hydrogen-bond donors (Lipinski definition) is 0. The second-order valence-electron chi connectivity index (χ2n) is 4.23. The largest absolute Gasteiger partial charge is 0.353 e. The molecule has 0 radical (unpaired) electrons. The molecule has 0 aliphatic rings. The lowest BCUT2D eigenvalue weighted by atomic mass is 10.1. The topological polar surface area (TPSA) is 52.8 Å². The third-order valence-corrected chi connectivity index (χ3v) is 3.32. The first kappa shape index (κ1) is 12.5. The van der Waals surface area contributed by atoms with Gasteiger partial charge >= 0.3 is 0 Å². The van der Waals surface area contributed by atoms with Gasteiger partial charge in [0.2, 0.25) is 0 Å². The number of aryl methyl sites for hydroxylation is 2. The van der Waals surface area contributed by atoms with Crippen molar-refractivity contribution in [2.45, 2.75) is 20.4 Å². The quantitative estimate of drug-likeness (QED) is 0.849. The Labute approximate surface area is 111 Å². The van der Waals surface area contributed by atoms with Gasteiger partial charge in [0.25, 0.3) is 0 Å². The van der Waals surface area contributed by atoms with Crippen molar-refractivity contribution in [3.8, 4) is 6.07 Å². The maximum atomic E-state index is 9.23. The Balaban J connectivity index is 2.35. The van der Waals surface area contributed by atoms with E-state index in [0.717, 1.165) is 22.8 Å². The molecule has 0 N–H and O–H groups in total. The van der Waals surface area contributed by atoms with Crippen molar-refractivity contribution >= 4 is 17.2 Å². The molecule has 4 nitrogen and oxygen atoms in total. The average molecular weight is 258 g/mol. The molecule has 5 heteroatoms. The molecule has 2 heterocycles. The highest BCUT2D eigenvalue weighted by molar-refractivity contribution is 7.07. The first-order valence-corrected chi connectivity index (χ1v) is 6.52. The van der Waals surface area contributed by atoms with Gasteiger partial charge in [0.15, 0.2) is 0 Å². The van der Waals surface area contributed by atoms with Crippen LogP contribution in [0.2, 0.25) is 0 Å². The van der Waals surface area contributed by atoms with Gasteiger partial charge in [-0.2, -0.15) is 5.26 Å². The lowest BCUT2D eigenvalue weighted by Gasteiger charge is -2.19. The predicted octanol–water partition coefficient (Wildman–Crippen LogP) is 2.66. The molecule has 0 amide bonds. The van der Waals surface area contributed by atoms with Crippen LogP contribution in [0.4, 0.5) is 5.82 Å². The van der Waals surface area contributed by atoms with Crippen molar-refractivity contribution < 1.29 is 0 Å². The summed E-state index contributed by atoms with van der Waals surface area (Å²) in [5, 5.41) is 11.2. The number of pyridine rings is 1. The highest BCUT2D eigenvalue weighted by atomic mass is 32.1. The monoisotopic (exact) mass is 258 g/mol. The molecule has 2 rings (SSSR count). The highest BCUT2D eigenvalue weighted by Gasteiger charge is 2.13. The van der Waals surface area contributed by atoms with E-state index in [2.05, 4.69) is 16.0 Å². The summed E-state index contributed by atoms with van der Waals surface area (Å²) in [5.74, 6) is 0.725. The zero-order valence-electron chi connectivity index (χ0n) is 10.6. The minimum atomic E-state index is 0.637. The zero-order chi connectivity index (χ0) is 13.1. The van der Waals surface area contributed by atoms with Gasteiger partial charge in [0, 0.05) is 18.1 Å². The molecule has 0 atom stereocenters. The number of nitriles is 1. The minimum Gasteiger partial charge on any atom is -0.353 e. The van der Waals surface area contributed by atoms with E-state index in [1.54, 1.807) is 11.3 Å². The molecule has 92 valence electrons. The number of nitrogens with zero attached hydrogens (tertiary/aromatic N) is 4. The van der Waals surface area contributed by atoms with Crippen molar-refractivity contribution in [3.63, 3.8) is 0 Å². The molecule has 0 saturated heterocycles. The van der Waals surface area contributed by atoms with E-state index < -0.39 is 0 Å². The van der Waals surface area contributed by atoms with Crippen LogP contribution >= 0.6 is 11.3 Å². The van der Waals surface area contributed by atoms with E-state index in [0.29, 0.717) is 12.1 Å². The zero-order valence-corrected chi connectivity index (χ0v) is 11.5. The molecule has 2 aromatic rings. The summed E-state index contributed by atoms with van der Waals surface area (Å²) >= 11 is 1.57. The Hall–Kier alpha value is -1.93. The second-order valence-corrected chi connectivity index (χ2v) is 4.95. The van der Waals surface area contributed by atoms with Gasteiger partial charge in [-0.05, 0) is 25.5 Å². The highest BCUT2D eigenvalue weighted by Crippen LogP contribution is 2.22. The summed E-state index contributed by atoms with van der Waals surface area (Å²) in [6.07, 6.45) is 0. The summed E-state index contributed by atoms with van der Waals surface area (Å²) < 4.78 is 0. The molecule has 0 aliphatic heterocycles. The third-order valence-electron chi connectivity index (χ3n) is 2.68. The van der Waals surface area contributed by atoms with Crippen LogP contribution in [0.25, 0.3) is 0 Å². The Bertz CT molecular complexity index is 584. The Morgan fingerprint density at radius 3 is 2.83 bits per heavy atom. The molecule has 0 fully saturated rings. The molecule has 0 unspecified atom stereocenters. The van der Waals surface area contributed by atoms with E-state index in [9.17, 15) is 5.26 Å². The van der Waals surface area contributed by atoms with E-state index in [1.807, 2.05) is 42.8 Å². The van der Waals surface area contributed by atoms with Crippen LogP contribution < -0.4 is 4.90 Å². The van der Waals surface area contributed by atoms with Crippen LogP contribution in [0.3, 0.4) is 0 Å². The van der Waals surface area contributed by atoms with Crippen molar-refractivity contribution in [3.05, 3.63) is 39.5 Å². The van der Waals surface area contributed by atoms with Gasteiger partial charge in [-0.25, -0.2) is 9.97 Å². The van der Waals surface area contributed by atoms with Crippen LogP contribution in [-0.4, -0.2) is 17.0 Å². The van der Waals surface area contributed by atoms with Crippen LogP contribution in [-0.2, 0) is 6.54 Å². The van der Waals surface area contributed by atoms with Gasteiger partial charge in [-0.1, -0.05) is 0 Å². The normalized spacial score (nSPS) is 10.1. The molecule has 0 bridgehead atoms. The second kappa shape index (κ2) is 5.15. The summed E-state index contributed by atoms with van der Waals surface area (Å²) in [4.78, 5) is 10.7. The first-order valence-electron chi connectivity index (χ1n) is 5.58. The molecule has 0 aliphatic carbocycles. The Kier molecular flexibility index (Phi) is 3.58. The van der Waals surface area contributed by atoms with E-state index in [4.69, 9.17) is 0 Å². The van der Waals surface area contributed by atoms with Crippen molar-refractivity contribution in [1.82, 2.24) is 9.97 Å². The van der Waals surface area contributed by atoms with Crippen molar-refractivity contribution in [2.75, 3.05) is 11.9 Å². The number of hydrogen-bond acceptors (Lipinski definition) is 5. The fourth-order valence-corrected chi connectivity index (χ4v) is 2.41. The SMILES string of the molecule is Cc1cc(C)c(C#N)c(N(C)Cc2cscn2)n1. The molecular formula is C13H14N4S. The number of rotatable bonds is 3. The first-order chi connectivity index (χ1) is 8.61. The summed E-state index contributed by atoms with van der Waals surface area (Å²) in [6.45, 7) is 4.54. The molecular weight excluding hydrogens is 244 g/mol. The fraction of sp³-hybridized carbons (Fsp3) is 0.308. The van der Waals surface area contributed by atoms with Crippen LogP contribution in [0, 0.1) is 25.2 Å². The summed E-state index contributed by atoms with van der Waals surface area (Å²) in [6, 6.07) is 4.16. The van der Waals surface area contributed by atoms with Gasteiger partial charge in [-0.3, -0.25) is 0 Å². The van der Waals surface area contributed by atoms with E-state index in [-0.39, 0.29) is 0 Å². The lowest BCUT2D eigenvalue weighted by molar-refractivity contribution is 0.865. The van der Waals surface area contributed by atoms with Crippen molar-refractivity contribution in [1.29, 1.82) is 5.26 Å². The smallest absolute Gasteiger partial charge is 0.147 e. The number of aromatic nitrogens is 2. The predicted molar refractivity (Wildman–Crippen MR) is 72.6 cm³/mol. The number of anilines is 1. The van der Waals surface area contributed by atoms with Gasteiger partial charge < -0.3 is 4.90 Å². The number of thiazole rings is 1. The molecule has 2 aromatic heterocycles. The van der Waals surface area contributed by atoms with Gasteiger partial charge in [0.05, 0.1) is 23.3 Å². The van der Waals surface area contributed by atoms with Crippen molar-refractivity contribution in [2.24, 2.45) is 0 Å². The maximum absolute atomic E-state index is 9.23. The van der Waals surface area contributed by atoms with Gasteiger partial charge in [-0.15, -0.1) is 11.3 Å².